The molecule has 0 saturated heterocycles. The Labute approximate surface area is 158 Å². The summed E-state index contributed by atoms with van der Waals surface area (Å²) in [6, 6.07) is 12.3. The number of nitrogens with zero attached hydrogens (tertiary/aromatic N) is 1. The average molecular weight is 409 g/mol. The highest BCUT2D eigenvalue weighted by Gasteiger charge is 2.26. The van der Waals surface area contributed by atoms with Crippen LogP contribution in [-0.4, -0.2) is 47.3 Å². The average Bonchev–Trinajstić information content (AvgIpc) is 3.07. The van der Waals surface area contributed by atoms with Crippen molar-refractivity contribution >= 4 is 30.8 Å². The first kappa shape index (κ1) is 19.4. The molecule has 0 aliphatic carbocycles. The first-order valence-corrected chi connectivity index (χ1v) is 11.5. The Morgan fingerprint density at radius 3 is 2.33 bits per heavy atom. The van der Waals surface area contributed by atoms with Gasteiger partial charge in [-0.3, -0.25) is 0 Å². The molecular weight excluding hydrogens is 388 g/mol. The van der Waals surface area contributed by atoms with Crippen LogP contribution in [0.4, 0.5) is 0 Å². The summed E-state index contributed by atoms with van der Waals surface area (Å²) < 4.78 is 57.2. The summed E-state index contributed by atoms with van der Waals surface area (Å²) in [5, 5.41) is 3.61. The lowest BCUT2D eigenvalue weighted by atomic mass is 10.2. The number of rotatable bonds is 7. The lowest BCUT2D eigenvalue weighted by Gasteiger charge is -2.12. The Balaban J connectivity index is 2.15. The normalized spacial score (nSPS) is 12.4. The van der Waals surface area contributed by atoms with Gasteiger partial charge >= 0.3 is 0 Å². The van der Waals surface area contributed by atoms with Crippen LogP contribution in [0, 0.1) is 0 Å². The van der Waals surface area contributed by atoms with Crippen LogP contribution in [0.3, 0.4) is 0 Å². The van der Waals surface area contributed by atoms with Gasteiger partial charge in [-0.1, -0.05) is 18.2 Å². The maximum atomic E-state index is 13.2. The molecule has 0 saturated carbocycles. The Morgan fingerprint density at radius 1 is 0.963 bits per heavy atom. The Hall–Kier alpha value is -2.36. The molecule has 3 rings (SSSR count). The van der Waals surface area contributed by atoms with Crippen molar-refractivity contribution in [2.75, 3.05) is 26.5 Å². The van der Waals surface area contributed by atoms with Crippen LogP contribution in [0.5, 0.6) is 5.75 Å². The zero-order chi connectivity index (χ0) is 19.7. The fraction of sp³-hybridized carbons (Fsp3) is 0.222. The van der Waals surface area contributed by atoms with Crippen molar-refractivity contribution in [2.45, 2.75) is 9.79 Å². The summed E-state index contributed by atoms with van der Waals surface area (Å²) in [4.78, 5) is -0.486. The van der Waals surface area contributed by atoms with E-state index >= 15 is 0 Å². The predicted molar refractivity (Wildman–Crippen MR) is 103 cm³/mol. The fourth-order valence-corrected chi connectivity index (χ4v) is 5.74. The van der Waals surface area contributed by atoms with E-state index in [-0.39, 0.29) is 9.79 Å². The first-order chi connectivity index (χ1) is 12.8. The van der Waals surface area contributed by atoms with E-state index in [0.717, 1.165) is 10.2 Å². The molecule has 144 valence electrons. The van der Waals surface area contributed by atoms with Crippen LogP contribution in [0.1, 0.15) is 0 Å². The minimum absolute atomic E-state index is 0.228. The molecule has 0 atom stereocenters. The number of ether oxygens (including phenoxy) is 1. The number of likely N-dealkylation sites (N-methyl/N-ethyl adjacent to an activating group) is 1. The molecule has 0 aliphatic heterocycles. The number of nitrogens with one attached hydrogen (secondary N) is 1. The molecule has 3 aromatic rings. The number of benzene rings is 2. The third kappa shape index (κ3) is 3.71. The zero-order valence-corrected chi connectivity index (χ0v) is 16.5. The van der Waals surface area contributed by atoms with Gasteiger partial charge in [0.1, 0.15) is 17.3 Å². The third-order valence-corrected chi connectivity index (χ3v) is 7.08. The highest BCUT2D eigenvalue weighted by atomic mass is 32.2. The van der Waals surface area contributed by atoms with Crippen molar-refractivity contribution in [3.63, 3.8) is 0 Å². The first-order valence-electron chi connectivity index (χ1n) is 8.19. The van der Waals surface area contributed by atoms with Crippen LogP contribution in [0.15, 0.2) is 64.5 Å². The molecule has 0 radical (unpaired) electrons. The van der Waals surface area contributed by atoms with E-state index in [2.05, 4.69) is 5.32 Å². The molecule has 0 bridgehead atoms. The van der Waals surface area contributed by atoms with E-state index in [9.17, 15) is 16.8 Å². The van der Waals surface area contributed by atoms with E-state index in [4.69, 9.17) is 4.74 Å². The minimum Gasteiger partial charge on any atom is -0.492 e. The van der Waals surface area contributed by atoms with Crippen LogP contribution in [-0.2, 0) is 19.9 Å². The molecule has 27 heavy (non-hydrogen) atoms. The second-order valence-corrected chi connectivity index (χ2v) is 9.74. The predicted octanol–water partition coefficient (Wildman–Crippen LogP) is 1.88. The highest BCUT2D eigenvalue weighted by molar-refractivity contribution is 7.93. The monoisotopic (exact) mass is 408 g/mol. The molecule has 0 aliphatic rings. The van der Waals surface area contributed by atoms with Crippen molar-refractivity contribution in [3.05, 3.63) is 54.7 Å². The third-order valence-electron chi connectivity index (χ3n) is 4.05. The molecule has 0 spiro atoms. The van der Waals surface area contributed by atoms with Gasteiger partial charge in [-0.25, -0.2) is 20.8 Å². The summed E-state index contributed by atoms with van der Waals surface area (Å²) >= 11 is 0. The van der Waals surface area contributed by atoms with Gasteiger partial charge in [0.15, 0.2) is 9.84 Å². The van der Waals surface area contributed by atoms with Gasteiger partial charge in [-0.05, 0) is 37.4 Å². The quantitative estimate of drug-likeness (QED) is 0.600. The second-order valence-electron chi connectivity index (χ2n) is 5.98. The van der Waals surface area contributed by atoms with Crippen molar-refractivity contribution in [1.29, 1.82) is 0 Å². The van der Waals surface area contributed by atoms with Crippen LogP contribution >= 0.6 is 0 Å². The Morgan fingerprint density at radius 2 is 1.67 bits per heavy atom. The standard InChI is InChI=1S/C18H20N2O5S2/c1-19-11-13-25-16-7-5-6-15-14(16)10-12-20(15)27(23,24)18-9-4-3-8-17(18)26(2,21)22/h3-10,12,19H,11,13H2,1-2H3. The molecule has 1 aromatic heterocycles. The van der Waals surface area contributed by atoms with E-state index in [1.54, 1.807) is 24.3 Å². The summed E-state index contributed by atoms with van der Waals surface area (Å²) in [5.41, 5.74) is 0.417. The Bertz CT molecular complexity index is 1180. The maximum absolute atomic E-state index is 13.2. The molecule has 0 unspecified atom stereocenters. The van der Waals surface area contributed by atoms with Crippen LogP contribution in [0.25, 0.3) is 10.9 Å². The summed E-state index contributed by atoms with van der Waals surface area (Å²) in [7, 11) is -6.00. The fourth-order valence-electron chi connectivity index (χ4n) is 2.79. The number of aromatic nitrogens is 1. The summed E-state index contributed by atoms with van der Waals surface area (Å²) in [6.45, 7) is 1.08. The summed E-state index contributed by atoms with van der Waals surface area (Å²) in [5.74, 6) is 0.563. The van der Waals surface area contributed by atoms with E-state index in [1.807, 2.05) is 7.05 Å². The number of hydrogen-bond acceptors (Lipinski definition) is 6. The van der Waals surface area contributed by atoms with Gasteiger partial charge in [0.2, 0.25) is 0 Å². The van der Waals surface area contributed by atoms with E-state index < -0.39 is 19.9 Å². The minimum atomic E-state index is -4.11. The molecule has 2 aromatic carbocycles. The summed E-state index contributed by atoms with van der Waals surface area (Å²) in [6.07, 6.45) is 2.40. The van der Waals surface area contributed by atoms with Crippen LogP contribution in [0.2, 0.25) is 0 Å². The number of fused-ring (bicyclic) bond motifs is 1. The maximum Gasteiger partial charge on any atom is 0.269 e. The smallest absolute Gasteiger partial charge is 0.269 e. The molecule has 0 fully saturated rings. The molecule has 1 heterocycles. The van der Waals surface area contributed by atoms with Crippen molar-refractivity contribution in [2.24, 2.45) is 0 Å². The van der Waals surface area contributed by atoms with Crippen molar-refractivity contribution in [3.8, 4) is 5.75 Å². The lowest BCUT2D eigenvalue weighted by Crippen LogP contribution is -2.16. The van der Waals surface area contributed by atoms with Crippen molar-refractivity contribution in [1.82, 2.24) is 9.29 Å². The van der Waals surface area contributed by atoms with Gasteiger partial charge in [-0.15, -0.1) is 0 Å². The topological polar surface area (TPSA) is 94.5 Å². The van der Waals surface area contributed by atoms with Gasteiger partial charge in [0, 0.05) is 24.4 Å². The number of sulfone groups is 1. The molecular formula is C18H20N2O5S2. The lowest BCUT2D eigenvalue weighted by molar-refractivity contribution is 0.322. The van der Waals surface area contributed by atoms with Gasteiger partial charge in [-0.2, -0.15) is 0 Å². The van der Waals surface area contributed by atoms with Gasteiger partial charge in [0.05, 0.1) is 10.4 Å². The zero-order valence-electron chi connectivity index (χ0n) is 14.9. The van der Waals surface area contributed by atoms with Crippen molar-refractivity contribution < 1.29 is 21.6 Å². The molecule has 1 N–H and O–H groups in total. The highest BCUT2D eigenvalue weighted by Crippen LogP contribution is 2.31. The molecule has 0 amide bonds. The number of hydrogen-bond donors (Lipinski definition) is 1. The molecule has 7 nitrogen and oxygen atoms in total. The largest absolute Gasteiger partial charge is 0.492 e. The van der Waals surface area contributed by atoms with Crippen LogP contribution < -0.4 is 10.1 Å². The van der Waals surface area contributed by atoms with E-state index in [0.29, 0.717) is 29.8 Å². The van der Waals surface area contributed by atoms with E-state index in [1.165, 1.54) is 30.5 Å². The Kier molecular flexibility index (Phi) is 5.27. The SMILES string of the molecule is CNCCOc1cccc2c1ccn2S(=O)(=O)c1ccccc1S(C)(=O)=O. The molecule has 9 heteroatoms. The van der Waals surface area contributed by atoms with Gasteiger partial charge in [0.25, 0.3) is 10.0 Å². The van der Waals surface area contributed by atoms with Gasteiger partial charge < -0.3 is 10.1 Å². The second kappa shape index (κ2) is 7.34.